The summed E-state index contributed by atoms with van der Waals surface area (Å²) < 4.78 is 7.43. The smallest absolute Gasteiger partial charge is 0.319 e. The summed E-state index contributed by atoms with van der Waals surface area (Å²) in [6.45, 7) is 3.26. The van der Waals surface area contributed by atoms with Crippen molar-refractivity contribution >= 4 is 11.7 Å². The zero-order chi connectivity index (χ0) is 17.5. The molecule has 2 atom stereocenters. The van der Waals surface area contributed by atoms with E-state index < -0.39 is 0 Å². The van der Waals surface area contributed by atoms with Crippen molar-refractivity contribution in [1.82, 2.24) is 25.1 Å². The summed E-state index contributed by atoms with van der Waals surface area (Å²) >= 11 is 0. The molecule has 3 rings (SSSR count). The van der Waals surface area contributed by atoms with Crippen molar-refractivity contribution in [3.05, 3.63) is 31.0 Å². The molecule has 0 saturated heterocycles. The van der Waals surface area contributed by atoms with Gasteiger partial charge in [-0.05, 0) is 30.9 Å². The van der Waals surface area contributed by atoms with Gasteiger partial charge >= 0.3 is 6.03 Å². The topological polar surface area (TPSA) is 94.0 Å². The molecule has 2 aromatic heterocycles. The van der Waals surface area contributed by atoms with E-state index in [-0.39, 0.29) is 6.03 Å². The maximum absolute atomic E-state index is 11.9. The van der Waals surface area contributed by atoms with Crippen LogP contribution in [0.25, 0.3) is 5.82 Å². The van der Waals surface area contributed by atoms with E-state index in [0.717, 1.165) is 6.42 Å². The first kappa shape index (κ1) is 17.3. The third-order valence-corrected chi connectivity index (χ3v) is 4.41. The molecule has 1 aliphatic carbocycles. The third-order valence-electron chi connectivity index (χ3n) is 4.41. The number of carbonyl (C=O) groups is 1. The highest BCUT2D eigenvalue weighted by Gasteiger charge is 2.21. The van der Waals surface area contributed by atoms with E-state index in [4.69, 9.17) is 4.74 Å². The van der Waals surface area contributed by atoms with E-state index in [1.165, 1.54) is 25.6 Å². The Morgan fingerprint density at radius 2 is 2.24 bits per heavy atom. The fourth-order valence-corrected chi connectivity index (χ4v) is 3.00. The van der Waals surface area contributed by atoms with Crippen LogP contribution in [0, 0.1) is 5.92 Å². The second-order valence-electron chi connectivity index (χ2n) is 6.30. The minimum Gasteiger partial charge on any atom is -0.376 e. The average molecular weight is 344 g/mol. The summed E-state index contributed by atoms with van der Waals surface area (Å²) in [5.74, 6) is 1.25. The third kappa shape index (κ3) is 4.99. The highest BCUT2D eigenvalue weighted by Crippen LogP contribution is 2.25. The highest BCUT2D eigenvalue weighted by atomic mass is 16.5. The van der Waals surface area contributed by atoms with E-state index in [1.807, 2.05) is 0 Å². The molecule has 25 heavy (non-hydrogen) atoms. The van der Waals surface area contributed by atoms with Crippen LogP contribution >= 0.6 is 0 Å². The maximum Gasteiger partial charge on any atom is 0.319 e. The molecule has 0 unspecified atom stereocenters. The van der Waals surface area contributed by atoms with Gasteiger partial charge in [0.2, 0.25) is 0 Å². The largest absolute Gasteiger partial charge is 0.376 e. The Balaban J connectivity index is 1.37. The molecule has 1 fully saturated rings. The number of pyridine rings is 1. The Hall–Kier alpha value is -2.48. The lowest BCUT2D eigenvalue weighted by atomic mass is 9.88. The van der Waals surface area contributed by atoms with Crippen molar-refractivity contribution < 1.29 is 9.53 Å². The number of urea groups is 1. The summed E-state index contributed by atoms with van der Waals surface area (Å²) in [5.41, 5.74) is 0.614. The second kappa shape index (κ2) is 8.57. The molecule has 0 radical (unpaired) electrons. The number of nitrogens with zero attached hydrogens (tertiary/aromatic N) is 4. The van der Waals surface area contributed by atoms with Crippen LogP contribution in [0.2, 0.25) is 0 Å². The van der Waals surface area contributed by atoms with Crippen molar-refractivity contribution in [2.75, 3.05) is 18.5 Å². The molecule has 0 spiro atoms. The zero-order valence-electron chi connectivity index (χ0n) is 14.4. The molecule has 1 saturated carbocycles. The van der Waals surface area contributed by atoms with Gasteiger partial charge in [-0.1, -0.05) is 19.8 Å². The second-order valence-corrected chi connectivity index (χ2v) is 6.30. The molecule has 1 aliphatic rings. The first-order chi connectivity index (χ1) is 12.2. The lowest BCUT2D eigenvalue weighted by Gasteiger charge is -2.28. The number of ether oxygens (including phenoxy) is 1. The molecule has 0 aromatic carbocycles. The molecule has 2 amide bonds. The minimum absolute atomic E-state index is 0.268. The summed E-state index contributed by atoms with van der Waals surface area (Å²) in [4.78, 5) is 20.0. The van der Waals surface area contributed by atoms with Crippen LogP contribution in [0.5, 0.6) is 0 Å². The van der Waals surface area contributed by atoms with Gasteiger partial charge in [0.15, 0.2) is 5.82 Å². The van der Waals surface area contributed by atoms with E-state index in [2.05, 4.69) is 32.6 Å². The average Bonchev–Trinajstić information content (AvgIpc) is 3.15. The van der Waals surface area contributed by atoms with Crippen LogP contribution in [0.3, 0.4) is 0 Å². The number of carbonyl (C=O) groups excluding carboxylic acids is 1. The molecule has 2 N–H and O–H groups in total. The number of hydrogen-bond acceptors (Lipinski definition) is 5. The highest BCUT2D eigenvalue weighted by molar-refractivity contribution is 5.89. The van der Waals surface area contributed by atoms with Gasteiger partial charge in [0.25, 0.3) is 0 Å². The lowest BCUT2D eigenvalue weighted by molar-refractivity contribution is -0.00232. The monoisotopic (exact) mass is 344 g/mol. The van der Waals surface area contributed by atoms with E-state index in [9.17, 15) is 4.79 Å². The molecule has 0 bridgehead atoms. The van der Waals surface area contributed by atoms with E-state index >= 15 is 0 Å². The lowest BCUT2D eigenvalue weighted by Crippen LogP contribution is -2.34. The number of amides is 2. The maximum atomic E-state index is 11.9. The van der Waals surface area contributed by atoms with Gasteiger partial charge in [0, 0.05) is 6.54 Å². The number of anilines is 1. The molecular formula is C17H24N6O2. The Morgan fingerprint density at radius 3 is 2.96 bits per heavy atom. The summed E-state index contributed by atoms with van der Waals surface area (Å²) in [5, 5.41) is 9.55. The predicted molar refractivity (Wildman–Crippen MR) is 93.5 cm³/mol. The molecule has 0 aliphatic heterocycles. The van der Waals surface area contributed by atoms with Gasteiger partial charge < -0.3 is 15.4 Å². The fourth-order valence-electron chi connectivity index (χ4n) is 3.00. The van der Waals surface area contributed by atoms with Crippen LogP contribution in [0.15, 0.2) is 31.0 Å². The van der Waals surface area contributed by atoms with Gasteiger partial charge in [-0.25, -0.2) is 19.4 Å². The van der Waals surface area contributed by atoms with Crippen molar-refractivity contribution in [3.8, 4) is 5.82 Å². The van der Waals surface area contributed by atoms with Crippen LogP contribution in [0.4, 0.5) is 10.5 Å². The normalized spacial score (nSPS) is 20.2. The van der Waals surface area contributed by atoms with Gasteiger partial charge in [-0.15, -0.1) is 0 Å². The first-order valence-corrected chi connectivity index (χ1v) is 8.70. The van der Waals surface area contributed by atoms with Crippen LogP contribution in [-0.2, 0) is 4.74 Å². The van der Waals surface area contributed by atoms with Crippen LogP contribution in [-0.4, -0.2) is 45.0 Å². The van der Waals surface area contributed by atoms with Gasteiger partial charge in [0.05, 0.1) is 24.6 Å². The first-order valence-electron chi connectivity index (χ1n) is 8.70. The number of nitrogens with one attached hydrogen (secondary N) is 2. The molecule has 8 heteroatoms. The van der Waals surface area contributed by atoms with Crippen molar-refractivity contribution in [3.63, 3.8) is 0 Å². The van der Waals surface area contributed by atoms with Gasteiger partial charge in [-0.3, -0.25) is 0 Å². The van der Waals surface area contributed by atoms with Crippen LogP contribution < -0.4 is 10.6 Å². The molecule has 2 heterocycles. The Morgan fingerprint density at radius 1 is 1.36 bits per heavy atom. The molecule has 134 valence electrons. The summed E-state index contributed by atoms with van der Waals surface area (Å²) in [6, 6.07) is 3.26. The standard InChI is InChI=1S/C17H24N6O2/c1-13-4-2-3-5-15(13)25-9-8-19-17(24)22-14-6-7-16(20-10-14)23-12-18-11-21-23/h6-7,10-13,15H,2-5,8-9H2,1H3,(H2,19,22,24)/t13-,15+/m0/s1. The summed E-state index contributed by atoms with van der Waals surface area (Å²) in [7, 11) is 0. The number of rotatable bonds is 6. The molecule has 8 nitrogen and oxygen atoms in total. The van der Waals surface area contributed by atoms with Crippen LogP contribution in [0.1, 0.15) is 32.6 Å². The number of hydrogen-bond donors (Lipinski definition) is 2. The summed E-state index contributed by atoms with van der Waals surface area (Å²) in [6.07, 6.45) is 9.80. The van der Waals surface area contributed by atoms with Crippen molar-refractivity contribution in [2.45, 2.75) is 38.7 Å². The Bertz CT molecular complexity index is 658. The molecule has 2 aromatic rings. The Labute approximate surface area is 147 Å². The molecular weight excluding hydrogens is 320 g/mol. The fraction of sp³-hybridized carbons (Fsp3) is 0.529. The van der Waals surface area contributed by atoms with Gasteiger partial charge in [0.1, 0.15) is 12.7 Å². The van der Waals surface area contributed by atoms with Crippen molar-refractivity contribution in [1.29, 1.82) is 0 Å². The predicted octanol–water partition coefficient (Wildman–Crippen LogP) is 2.38. The number of aromatic nitrogens is 4. The van der Waals surface area contributed by atoms with E-state index in [0.29, 0.717) is 36.7 Å². The quantitative estimate of drug-likeness (QED) is 0.785. The van der Waals surface area contributed by atoms with Crippen molar-refractivity contribution in [2.24, 2.45) is 5.92 Å². The zero-order valence-corrected chi connectivity index (χ0v) is 14.4. The van der Waals surface area contributed by atoms with Gasteiger partial charge in [-0.2, -0.15) is 5.10 Å². The minimum atomic E-state index is -0.268. The SMILES string of the molecule is C[C@H]1CCCC[C@H]1OCCNC(=O)Nc1ccc(-n2cncn2)nc1. The van der Waals surface area contributed by atoms with E-state index in [1.54, 1.807) is 29.3 Å². The Kier molecular flexibility index (Phi) is 5.95.